The summed E-state index contributed by atoms with van der Waals surface area (Å²) < 4.78 is 16.4. The lowest BCUT2D eigenvalue weighted by molar-refractivity contribution is 0.171. The molecule has 0 unspecified atom stereocenters. The summed E-state index contributed by atoms with van der Waals surface area (Å²) in [4.78, 5) is 9.43. The van der Waals surface area contributed by atoms with E-state index in [1.165, 1.54) is 31.2 Å². The van der Waals surface area contributed by atoms with Gasteiger partial charge in [-0.25, -0.2) is 0 Å². The maximum atomic E-state index is 5.50. The molecule has 7 nitrogen and oxygen atoms in total. The maximum Gasteiger partial charge on any atom is 0.203 e. The van der Waals surface area contributed by atoms with Gasteiger partial charge in [-0.1, -0.05) is 0 Å². The fourth-order valence-electron chi connectivity index (χ4n) is 4.78. The molecule has 1 saturated heterocycles. The first-order valence-corrected chi connectivity index (χ1v) is 11.1. The lowest BCUT2D eigenvalue weighted by Crippen LogP contribution is -2.53. The zero-order valence-electron chi connectivity index (χ0n) is 19.3. The van der Waals surface area contributed by atoms with Crippen molar-refractivity contribution in [2.24, 2.45) is 16.3 Å². The third kappa shape index (κ3) is 5.50. The summed E-state index contributed by atoms with van der Waals surface area (Å²) in [7, 11) is 6.86. The Balaban J connectivity index is 0.00000272. The SMILES string of the molecule is CN=C(NCC1(C2CC2)CC1)N1CCN(Cc2cc(OC)c(OC)c(OC)c2)CC1.I. The number of rotatable bonds is 8. The van der Waals surface area contributed by atoms with Gasteiger partial charge in [-0.3, -0.25) is 9.89 Å². The fraction of sp³-hybridized carbons (Fsp3) is 0.696. The molecule has 2 aliphatic carbocycles. The number of guanidine groups is 1. The molecule has 1 heterocycles. The van der Waals surface area contributed by atoms with E-state index in [0.29, 0.717) is 22.7 Å². The van der Waals surface area contributed by atoms with Gasteiger partial charge in [0, 0.05) is 46.3 Å². The molecule has 1 N–H and O–H groups in total. The maximum absolute atomic E-state index is 5.50. The van der Waals surface area contributed by atoms with Crippen LogP contribution in [0.5, 0.6) is 17.2 Å². The van der Waals surface area contributed by atoms with E-state index in [1.807, 2.05) is 19.2 Å². The number of halogens is 1. The minimum atomic E-state index is 0. The summed E-state index contributed by atoms with van der Waals surface area (Å²) in [5, 5.41) is 3.68. The van der Waals surface area contributed by atoms with Gasteiger partial charge >= 0.3 is 0 Å². The van der Waals surface area contributed by atoms with E-state index < -0.39 is 0 Å². The van der Waals surface area contributed by atoms with Crippen LogP contribution in [0.3, 0.4) is 0 Å². The molecule has 3 fully saturated rings. The quantitative estimate of drug-likeness (QED) is 0.308. The van der Waals surface area contributed by atoms with Gasteiger partial charge in [-0.2, -0.15) is 0 Å². The highest BCUT2D eigenvalue weighted by Crippen LogP contribution is 2.60. The van der Waals surface area contributed by atoms with Gasteiger partial charge < -0.3 is 24.4 Å². The van der Waals surface area contributed by atoms with Crippen LogP contribution >= 0.6 is 24.0 Å². The van der Waals surface area contributed by atoms with Gasteiger partial charge in [0.15, 0.2) is 17.5 Å². The predicted molar refractivity (Wildman–Crippen MR) is 134 cm³/mol. The third-order valence-electron chi connectivity index (χ3n) is 6.95. The van der Waals surface area contributed by atoms with E-state index >= 15 is 0 Å². The van der Waals surface area contributed by atoms with Crippen molar-refractivity contribution in [3.63, 3.8) is 0 Å². The van der Waals surface area contributed by atoms with Gasteiger partial charge in [0.05, 0.1) is 21.3 Å². The van der Waals surface area contributed by atoms with E-state index in [9.17, 15) is 0 Å². The molecule has 1 aromatic carbocycles. The summed E-state index contributed by atoms with van der Waals surface area (Å²) in [6.45, 7) is 5.94. The third-order valence-corrected chi connectivity index (χ3v) is 6.95. The lowest BCUT2D eigenvalue weighted by Gasteiger charge is -2.37. The smallest absolute Gasteiger partial charge is 0.203 e. The zero-order chi connectivity index (χ0) is 21.1. The number of nitrogens with one attached hydrogen (secondary N) is 1. The fourth-order valence-corrected chi connectivity index (χ4v) is 4.78. The summed E-state index contributed by atoms with van der Waals surface area (Å²) in [5.74, 6) is 4.09. The van der Waals surface area contributed by atoms with Crippen molar-refractivity contribution in [2.45, 2.75) is 32.2 Å². The van der Waals surface area contributed by atoms with Crippen molar-refractivity contribution < 1.29 is 14.2 Å². The Kier molecular flexibility index (Phi) is 8.18. The largest absolute Gasteiger partial charge is 0.493 e. The molecule has 1 aromatic rings. The molecule has 0 aromatic heterocycles. The van der Waals surface area contributed by atoms with Crippen LogP contribution in [0.15, 0.2) is 17.1 Å². The monoisotopic (exact) mass is 544 g/mol. The van der Waals surface area contributed by atoms with Crippen LogP contribution < -0.4 is 19.5 Å². The lowest BCUT2D eigenvalue weighted by atomic mass is 10.0. The number of nitrogens with zero attached hydrogens (tertiary/aromatic N) is 3. The van der Waals surface area contributed by atoms with Crippen molar-refractivity contribution in [2.75, 3.05) is 61.1 Å². The van der Waals surface area contributed by atoms with E-state index in [0.717, 1.165) is 51.1 Å². The molecule has 4 rings (SSSR count). The molecule has 31 heavy (non-hydrogen) atoms. The Morgan fingerprint density at radius 2 is 1.65 bits per heavy atom. The molecule has 2 saturated carbocycles. The minimum Gasteiger partial charge on any atom is -0.493 e. The van der Waals surface area contributed by atoms with Crippen LogP contribution in [-0.4, -0.2) is 76.9 Å². The number of aliphatic imine (C=N–C) groups is 1. The second-order valence-corrected chi connectivity index (χ2v) is 8.83. The number of hydrogen-bond acceptors (Lipinski definition) is 5. The second-order valence-electron chi connectivity index (χ2n) is 8.83. The van der Waals surface area contributed by atoms with Crippen molar-refractivity contribution in [3.05, 3.63) is 17.7 Å². The van der Waals surface area contributed by atoms with E-state index in [-0.39, 0.29) is 24.0 Å². The molecular weight excluding hydrogens is 507 g/mol. The average molecular weight is 544 g/mol. The van der Waals surface area contributed by atoms with Gasteiger partial charge in [-0.05, 0) is 54.7 Å². The van der Waals surface area contributed by atoms with Crippen LogP contribution in [0.25, 0.3) is 0 Å². The highest BCUT2D eigenvalue weighted by Gasteiger charge is 2.53. The van der Waals surface area contributed by atoms with Gasteiger partial charge in [0.1, 0.15) is 0 Å². The van der Waals surface area contributed by atoms with Crippen LogP contribution in [-0.2, 0) is 6.54 Å². The van der Waals surface area contributed by atoms with Crippen molar-refractivity contribution in [1.29, 1.82) is 0 Å². The number of methoxy groups -OCH3 is 3. The summed E-state index contributed by atoms with van der Waals surface area (Å²) in [6, 6.07) is 4.09. The molecule has 0 radical (unpaired) electrons. The summed E-state index contributed by atoms with van der Waals surface area (Å²) in [5.41, 5.74) is 1.75. The molecule has 0 amide bonds. The molecule has 0 bridgehead atoms. The Labute approximate surface area is 203 Å². The first-order chi connectivity index (χ1) is 14.6. The zero-order valence-corrected chi connectivity index (χ0v) is 21.6. The molecule has 3 aliphatic rings. The van der Waals surface area contributed by atoms with Crippen molar-refractivity contribution in [1.82, 2.24) is 15.1 Å². The average Bonchev–Trinajstić information content (AvgIpc) is 3.68. The summed E-state index contributed by atoms with van der Waals surface area (Å²) >= 11 is 0. The Bertz CT molecular complexity index is 747. The van der Waals surface area contributed by atoms with E-state index in [2.05, 4.69) is 20.1 Å². The number of ether oxygens (including phenoxy) is 3. The molecule has 0 atom stereocenters. The molecule has 174 valence electrons. The van der Waals surface area contributed by atoms with Crippen LogP contribution in [0.1, 0.15) is 31.2 Å². The van der Waals surface area contributed by atoms with Crippen LogP contribution in [0.4, 0.5) is 0 Å². The number of benzene rings is 1. The first-order valence-electron chi connectivity index (χ1n) is 11.1. The Morgan fingerprint density at radius 3 is 2.10 bits per heavy atom. The van der Waals surface area contributed by atoms with Crippen LogP contribution in [0, 0.1) is 11.3 Å². The number of hydrogen-bond donors (Lipinski definition) is 1. The van der Waals surface area contributed by atoms with Gasteiger partial charge in [0.25, 0.3) is 0 Å². The van der Waals surface area contributed by atoms with Gasteiger partial charge in [0.2, 0.25) is 5.75 Å². The van der Waals surface area contributed by atoms with E-state index in [4.69, 9.17) is 14.2 Å². The predicted octanol–water partition coefficient (Wildman–Crippen LogP) is 3.21. The molecular formula is C23H37IN4O3. The minimum absolute atomic E-state index is 0. The Hall–Kier alpha value is -1.42. The Morgan fingerprint density at radius 1 is 1.03 bits per heavy atom. The van der Waals surface area contributed by atoms with Crippen LogP contribution in [0.2, 0.25) is 0 Å². The van der Waals surface area contributed by atoms with Gasteiger partial charge in [-0.15, -0.1) is 24.0 Å². The highest BCUT2D eigenvalue weighted by atomic mass is 127. The molecule has 1 aliphatic heterocycles. The first kappa shape index (κ1) is 24.2. The van der Waals surface area contributed by atoms with E-state index in [1.54, 1.807) is 21.3 Å². The topological polar surface area (TPSA) is 58.6 Å². The van der Waals surface area contributed by atoms with Crippen molar-refractivity contribution in [3.8, 4) is 17.2 Å². The molecule has 0 spiro atoms. The number of piperazine rings is 1. The standard InChI is InChI=1S/C23H36N4O3.HI/c1-24-22(25-16-23(7-8-23)18-5-6-18)27-11-9-26(10-12-27)15-17-13-19(28-2)21(30-4)20(14-17)29-3;/h13-14,18H,5-12,15-16H2,1-4H3,(H,24,25);1H. The van der Waals surface area contributed by atoms with Crippen molar-refractivity contribution >= 4 is 29.9 Å². The summed E-state index contributed by atoms with van der Waals surface area (Å²) in [6.07, 6.45) is 5.65. The normalized spacial score (nSPS) is 20.6. The molecule has 8 heteroatoms. The second kappa shape index (κ2) is 10.5. The highest BCUT2D eigenvalue weighted by molar-refractivity contribution is 14.0.